The Bertz CT molecular complexity index is 1010. The number of hydrogen-bond acceptors (Lipinski definition) is 5. The lowest BCUT2D eigenvalue weighted by Gasteiger charge is -2.13. The average molecular weight is 403 g/mol. The Kier molecular flexibility index (Phi) is 4.76. The van der Waals surface area contributed by atoms with Crippen LogP contribution >= 0.6 is 15.9 Å². The van der Waals surface area contributed by atoms with Gasteiger partial charge in [0.05, 0.1) is 18.4 Å². The molecule has 0 spiro atoms. The van der Waals surface area contributed by atoms with E-state index >= 15 is 0 Å². The molecule has 0 radical (unpaired) electrons. The third-order valence-electron chi connectivity index (χ3n) is 3.72. The summed E-state index contributed by atoms with van der Waals surface area (Å²) in [5.74, 6) is 0.0811. The number of nitrogens with one attached hydrogen (secondary N) is 2. The van der Waals surface area contributed by atoms with Gasteiger partial charge in [0, 0.05) is 16.9 Å². The van der Waals surface area contributed by atoms with E-state index in [0.717, 1.165) is 0 Å². The molecular formula is C18H15BrN2O4. The van der Waals surface area contributed by atoms with Gasteiger partial charge >= 0.3 is 5.63 Å². The van der Waals surface area contributed by atoms with E-state index in [2.05, 4.69) is 26.6 Å². The molecule has 0 atom stereocenters. The van der Waals surface area contributed by atoms with Gasteiger partial charge in [0.1, 0.15) is 11.3 Å². The van der Waals surface area contributed by atoms with Crippen LogP contribution in [-0.2, 0) is 0 Å². The minimum absolute atomic E-state index is 0.0564. The second kappa shape index (κ2) is 6.98. The number of hydrogen-bond donors (Lipinski definition) is 2. The van der Waals surface area contributed by atoms with Crippen molar-refractivity contribution >= 4 is 44.2 Å². The highest BCUT2D eigenvalue weighted by Crippen LogP contribution is 2.29. The van der Waals surface area contributed by atoms with Crippen molar-refractivity contribution in [2.75, 3.05) is 24.8 Å². The van der Waals surface area contributed by atoms with E-state index in [0.29, 0.717) is 32.4 Å². The van der Waals surface area contributed by atoms with E-state index in [1.54, 1.807) is 43.4 Å². The van der Waals surface area contributed by atoms with Crippen molar-refractivity contribution in [3.8, 4) is 5.75 Å². The van der Waals surface area contributed by atoms with Crippen molar-refractivity contribution in [3.63, 3.8) is 0 Å². The number of fused-ring (bicyclic) bond motifs is 1. The molecule has 2 aromatic carbocycles. The highest BCUT2D eigenvalue weighted by molar-refractivity contribution is 9.10. The normalized spacial score (nSPS) is 10.5. The largest absolute Gasteiger partial charge is 0.497 e. The lowest BCUT2D eigenvalue weighted by molar-refractivity contribution is 0.102. The molecular weight excluding hydrogens is 388 g/mol. The lowest BCUT2D eigenvalue weighted by Crippen LogP contribution is -2.20. The van der Waals surface area contributed by atoms with Crippen molar-refractivity contribution in [3.05, 3.63) is 62.9 Å². The molecule has 0 aliphatic heterocycles. The van der Waals surface area contributed by atoms with E-state index in [-0.39, 0.29) is 5.69 Å². The molecule has 0 aliphatic rings. The maximum Gasteiger partial charge on any atom is 0.362 e. The summed E-state index contributed by atoms with van der Waals surface area (Å²) < 4.78 is 11.0. The molecule has 0 saturated carbocycles. The first kappa shape index (κ1) is 17.0. The van der Waals surface area contributed by atoms with Crippen LogP contribution in [0.25, 0.3) is 11.0 Å². The molecule has 7 heteroatoms. The Morgan fingerprint density at radius 2 is 1.92 bits per heavy atom. The summed E-state index contributed by atoms with van der Waals surface area (Å²) in [6.45, 7) is 0. The number of halogens is 1. The minimum atomic E-state index is -0.629. The Morgan fingerprint density at radius 3 is 2.64 bits per heavy atom. The summed E-state index contributed by atoms with van der Waals surface area (Å²) in [6.07, 6.45) is 0. The number of methoxy groups -OCH3 is 1. The van der Waals surface area contributed by atoms with Gasteiger partial charge in [-0.1, -0.05) is 12.1 Å². The summed E-state index contributed by atoms with van der Waals surface area (Å²) in [4.78, 5) is 25.0. The van der Waals surface area contributed by atoms with Crippen LogP contribution in [-0.4, -0.2) is 20.1 Å². The number of anilines is 2. The van der Waals surface area contributed by atoms with Crippen molar-refractivity contribution in [2.24, 2.45) is 0 Å². The molecule has 1 heterocycles. The fraction of sp³-hybridized carbons (Fsp3) is 0.111. The van der Waals surface area contributed by atoms with Crippen LogP contribution in [0.2, 0.25) is 0 Å². The summed E-state index contributed by atoms with van der Waals surface area (Å²) in [6, 6.07) is 12.1. The molecule has 1 aromatic heterocycles. The molecule has 0 bridgehead atoms. The number of carbonyl (C=O) groups excluding carboxylic acids is 1. The highest BCUT2D eigenvalue weighted by atomic mass is 79.9. The van der Waals surface area contributed by atoms with Gasteiger partial charge in [-0.2, -0.15) is 0 Å². The van der Waals surface area contributed by atoms with Gasteiger partial charge in [-0.05, 0) is 46.3 Å². The second-order valence-electron chi connectivity index (χ2n) is 5.19. The highest BCUT2D eigenvalue weighted by Gasteiger charge is 2.18. The zero-order valence-electron chi connectivity index (χ0n) is 13.6. The summed E-state index contributed by atoms with van der Waals surface area (Å²) in [7, 11) is 3.19. The Hall–Kier alpha value is -2.80. The van der Waals surface area contributed by atoms with Crippen LogP contribution in [0.4, 0.5) is 11.4 Å². The molecule has 25 heavy (non-hydrogen) atoms. The van der Waals surface area contributed by atoms with E-state index in [1.165, 1.54) is 7.11 Å². The molecule has 2 N–H and O–H groups in total. The maximum atomic E-state index is 12.7. The van der Waals surface area contributed by atoms with Crippen LogP contribution in [0, 0.1) is 0 Å². The Morgan fingerprint density at radius 1 is 1.16 bits per heavy atom. The minimum Gasteiger partial charge on any atom is -0.497 e. The van der Waals surface area contributed by atoms with Gasteiger partial charge in [-0.25, -0.2) is 4.79 Å². The number of para-hydroxylation sites is 1. The van der Waals surface area contributed by atoms with Crippen LogP contribution in [0.5, 0.6) is 5.75 Å². The van der Waals surface area contributed by atoms with Crippen LogP contribution in [0.1, 0.15) is 10.4 Å². The zero-order valence-corrected chi connectivity index (χ0v) is 15.1. The van der Waals surface area contributed by atoms with E-state index in [9.17, 15) is 9.59 Å². The SMILES string of the molecule is CNc1c(NC(=O)c2cc(OC)ccc2Br)c(=O)oc2ccccc12. The number of amides is 1. The van der Waals surface area contributed by atoms with Gasteiger partial charge in [0.2, 0.25) is 0 Å². The van der Waals surface area contributed by atoms with Gasteiger partial charge in [0.25, 0.3) is 5.91 Å². The second-order valence-corrected chi connectivity index (χ2v) is 6.04. The number of carbonyl (C=O) groups is 1. The first-order valence-corrected chi connectivity index (χ1v) is 8.23. The predicted molar refractivity (Wildman–Crippen MR) is 101 cm³/mol. The van der Waals surface area contributed by atoms with Crippen LogP contribution < -0.4 is 21.0 Å². The molecule has 0 fully saturated rings. The zero-order chi connectivity index (χ0) is 18.0. The quantitative estimate of drug-likeness (QED) is 0.647. The summed E-state index contributed by atoms with van der Waals surface area (Å²) in [5, 5.41) is 6.30. The molecule has 0 unspecified atom stereocenters. The van der Waals surface area contributed by atoms with E-state index in [1.807, 2.05) is 6.07 Å². The fourth-order valence-corrected chi connectivity index (χ4v) is 2.94. The van der Waals surface area contributed by atoms with Gasteiger partial charge < -0.3 is 19.8 Å². The summed E-state index contributed by atoms with van der Waals surface area (Å²) in [5.41, 5.74) is 0.710. The topological polar surface area (TPSA) is 80.6 Å². The smallest absolute Gasteiger partial charge is 0.362 e. The van der Waals surface area contributed by atoms with Crippen molar-refractivity contribution in [1.82, 2.24) is 0 Å². The lowest BCUT2D eigenvalue weighted by atomic mass is 10.1. The molecule has 1 amide bonds. The third kappa shape index (κ3) is 3.23. The van der Waals surface area contributed by atoms with Gasteiger partial charge in [-0.3, -0.25) is 4.79 Å². The number of benzene rings is 2. The van der Waals surface area contributed by atoms with Crippen LogP contribution in [0.15, 0.2) is 56.1 Å². The standard InChI is InChI=1S/C18H15BrN2O4/c1-20-15-11-5-3-4-6-14(11)25-18(23)16(15)21-17(22)12-9-10(24-2)7-8-13(12)19/h3-9,20H,1-2H3,(H,21,22). The number of ether oxygens (including phenoxy) is 1. The van der Waals surface area contributed by atoms with Crippen molar-refractivity contribution < 1.29 is 13.9 Å². The van der Waals surface area contributed by atoms with Crippen molar-refractivity contribution in [2.45, 2.75) is 0 Å². The molecule has 0 saturated heterocycles. The van der Waals surface area contributed by atoms with Crippen molar-refractivity contribution in [1.29, 1.82) is 0 Å². The molecule has 128 valence electrons. The molecule has 3 aromatic rings. The molecule has 0 aliphatic carbocycles. The molecule has 6 nitrogen and oxygen atoms in total. The number of rotatable bonds is 4. The monoisotopic (exact) mass is 402 g/mol. The average Bonchev–Trinajstić information content (AvgIpc) is 2.62. The summed E-state index contributed by atoms with van der Waals surface area (Å²) >= 11 is 3.33. The molecule has 3 rings (SSSR count). The maximum absolute atomic E-state index is 12.7. The first-order chi connectivity index (χ1) is 12.0. The Labute approximate surface area is 151 Å². The van der Waals surface area contributed by atoms with E-state index < -0.39 is 11.5 Å². The third-order valence-corrected chi connectivity index (χ3v) is 4.41. The first-order valence-electron chi connectivity index (χ1n) is 7.43. The predicted octanol–water partition coefficient (Wildman–Crippen LogP) is 3.86. The van der Waals surface area contributed by atoms with Crippen LogP contribution in [0.3, 0.4) is 0 Å². The Balaban J connectivity index is 2.07. The fourth-order valence-electron chi connectivity index (χ4n) is 2.51. The van der Waals surface area contributed by atoms with Gasteiger partial charge in [-0.15, -0.1) is 0 Å². The van der Waals surface area contributed by atoms with E-state index in [4.69, 9.17) is 9.15 Å². The van der Waals surface area contributed by atoms with Gasteiger partial charge in [0.15, 0.2) is 5.69 Å².